The standard InChI is InChI=1S/C23H36O4/c1-3-5-7-8-13-17-22(24)26-19-21(16-10-6-4-2)27-23(25)18-20-14-11-9-12-15-20/h9,11-12,14-15,21H,3-8,10,13,16-19H2,1-2H3. The SMILES string of the molecule is CCCCCCCC(=O)OCC(CCCCC)OC(=O)Cc1ccccc1. The first-order chi connectivity index (χ1) is 13.2. The highest BCUT2D eigenvalue weighted by Crippen LogP contribution is 2.11. The first-order valence-corrected chi connectivity index (χ1v) is 10.5. The van der Waals surface area contributed by atoms with Gasteiger partial charge < -0.3 is 9.47 Å². The van der Waals surface area contributed by atoms with E-state index in [1.807, 2.05) is 30.3 Å². The lowest BCUT2D eigenvalue weighted by atomic mass is 10.1. The minimum Gasteiger partial charge on any atom is -0.462 e. The van der Waals surface area contributed by atoms with Crippen molar-refractivity contribution in [3.05, 3.63) is 35.9 Å². The molecule has 0 aliphatic carbocycles. The number of ether oxygens (including phenoxy) is 2. The molecule has 152 valence electrons. The third-order valence-corrected chi connectivity index (χ3v) is 4.53. The fourth-order valence-electron chi connectivity index (χ4n) is 2.92. The Balaban J connectivity index is 2.36. The number of rotatable bonds is 15. The molecule has 0 saturated heterocycles. The predicted octanol–water partition coefficient (Wildman–Crippen LogP) is 5.62. The Morgan fingerprint density at radius 3 is 2.22 bits per heavy atom. The largest absolute Gasteiger partial charge is 0.462 e. The summed E-state index contributed by atoms with van der Waals surface area (Å²) in [5, 5.41) is 0. The van der Waals surface area contributed by atoms with Gasteiger partial charge in [-0.3, -0.25) is 9.59 Å². The molecule has 1 atom stereocenters. The molecule has 27 heavy (non-hydrogen) atoms. The van der Waals surface area contributed by atoms with Crippen LogP contribution in [-0.2, 0) is 25.5 Å². The van der Waals surface area contributed by atoms with E-state index in [1.54, 1.807) is 0 Å². The Hall–Kier alpha value is -1.84. The van der Waals surface area contributed by atoms with Crippen LogP contribution in [0, 0.1) is 0 Å². The van der Waals surface area contributed by atoms with Crippen molar-refractivity contribution >= 4 is 11.9 Å². The number of hydrogen-bond acceptors (Lipinski definition) is 4. The van der Waals surface area contributed by atoms with Crippen LogP contribution in [-0.4, -0.2) is 24.6 Å². The van der Waals surface area contributed by atoms with E-state index in [2.05, 4.69) is 13.8 Å². The van der Waals surface area contributed by atoms with Crippen molar-refractivity contribution in [2.75, 3.05) is 6.61 Å². The van der Waals surface area contributed by atoms with Gasteiger partial charge in [-0.1, -0.05) is 82.7 Å². The van der Waals surface area contributed by atoms with E-state index in [0.29, 0.717) is 6.42 Å². The lowest BCUT2D eigenvalue weighted by molar-refractivity contribution is -0.159. The van der Waals surface area contributed by atoms with Crippen LogP contribution in [0.4, 0.5) is 0 Å². The van der Waals surface area contributed by atoms with E-state index in [1.165, 1.54) is 19.3 Å². The Kier molecular flexibility index (Phi) is 13.1. The van der Waals surface area contributed by atoms with Gasteiger partial charge in [0.05, 0.1) is 6.42 Å². The first kappa shape index (κ1) is 23.2. The molecule has 1 aromatic carbocycles. The van der Waals surface area contributed by atoms with Crippen LogP contribution < -0.4 is 0 Å². The van der Waals surface area contributed by atoms with Gasteiger partial charge in [0.1, 0.15) is 12.7 Å². The van der Waals surface area contributed by atoms with Gasteiger partial charge in [0.25, 0.3) is 0 Å². The molecule has 0 N–H and O–H groups in total. The molecule has 0 spiro atoms. The van der Waals surface area contributed by atoms with Crippen LogP contribution in [0.5, 0.6) is 0 Å². The monoisotopic (exact) mass is 376 g/mol. The first-order valence-electron chi connectivity index (χ1n) is 10.5. The molecule has 1 aromatic rings. The summed E-state index contributed by atoms with van der Waals surface area (Å²) >= 11 is 0. The number of benzene rings is 1. The Morgan fingerprint density at radius 1 is 0.852 bits per heavy atom. The summed E-state index contributed by atoms with van der Waals surface area (Å²) in [4.78, 5) is 24.1. The number of esters is 2. The third kappa shape index (κ3) is 12.2. The molecule has 0 radical (unpaired) electrons. The zero-order valence-electron chi connectivity index (χ0n) is 17.1. The molecule has 0 amide bonds. The molecule has 0 fully saturated rings. The summed E-state index contributed by atoms with van der Waals surface area (Å²) in [5.74, 6) is -0.454. The van der Waals surface area contributed by atoms with E-state index in [0.717, 1.165) is 44.1 Å². The molecule has 4 heteroatoms. The molecule has 0 aromatic heterocycles. The molecule has 0 aliphatic heterocycles. The van der Waals surface area contributed by atoms with E-state index in [9.17, 15) is 9.59 Å². The highest BCUT2D eigenvalue weighted by molar-refractivity contribution is 5.73. The van der Waals surface area contributed by atoms with Gasteiger partial charge in [0.15, 0.2) is 0 Å². The highest BCUT2D eigenvalue weighted by atomic mass is 16.6. The second kappa shape index (κ2) is 15.2. The Bertz CT molecular complexity index is 512. The van der Waals surface area contributed by atoms with Crippen molar-refractivity contribution in [2.45, 2.75) is 90.6 Å². The summed E-state index contributed by atoms with van der Waals surface area (Å²) in [6, 6.07) is 9.55. The Morgan fingerprint density at radius 2 is 1.52 bits per heavy atom. The predicted molar refractivity (Wildman–Crippen MR) is 109 cm³/mol. The van der Waals surface area contributed by atoms with Crippen LogP contribution in [0.2, 0.25) is 0 Å². The maximum absolute atomic E-state index is 12.2. The molecule has 0 saturated carbocycles. The van der Waals surface area contributed by atoms with Gasteiger partial charge in [0, 0.05) is 6.42 Å². The molecule has 1 rings (SSSR count). The molecule has 4 nitrogen and oxygen atoms in total. The third-order valence-electron chi connectivity index (χ3n) is 4.53. The average molecular weight is 377 g/mol. The van der Waals surface area contributed by atoms with E-state index < -0.39 is 0 Å². The van der Waals surface area contributed by atoms with Gasteiger partial charge in [-0.05, 0) is 24.8 Å². The summed E-state index contributed by atoms with van der Waals surface area (Å²) in [6.45, 7) is 4.47. The van der Waals surface area contributed by atoms with Crippen LogP contribution in [0.1, 0.15) is 83.6 Å². The molecule has 1 unspecified atom stereocenters. The van der Waals surface area contributed by atoms with Crippen molar-refractivity contribution in [3.8, 4) is 0 Å². The minimum atomic E-state index is -0.350. The maximum Gasteiger partial charge on any atom is 0.310 e. The van der Waals surface area contributed by atoms with Crippen molar-refractivity contribution in [1.29, 1.82) is 0 Å². The van der Waals surface area contributed by atoms with Crippen molar-refractivity contribution < 1.29 is 19.1 Å². The number of hydrogen-bond donors (Lipinski definition) is 0. The zero-order valence-corrected chi connectivity index (χ0v) is 17.1. The molecule has 0 aliphatic rings. The van der Waals surface area contributed by atoms with Crippen LogP contribution >= 0.6 is 0 Å². The minimum absolute atomic E-state index is 0.165. The van der Waals surface area contributed by atoms with Gasteiger partial charge >= 0.3 is 11.9 Å². The zero-order chi connectivity index (χ0) is 19.7. The van der Waals surface area contributed by atoms with Crippen molar-refractivity contribution in [3.63, 3.8) is 0 Å². The second-order valence-corrected chi connectivity index (χ2v) is 7.12. The van der Waals surface area contributed by atoms with Gasteiger partial charge in [-0.15, -0.1) is 0 Å². The van der Waals surface area contributed by atoms with E-state index in [-0.39, 0.29) is 31.1 Å². The average Bonchev–Trinajstić information content (AvgIpc) is 2.66. The molecular weight excluding hydrogens is 340 g/mol. The molecular formula is C23H36O4. The fourth-order valence-corrected chi connectivity index (χ4v) is 2.92. The van der Waals surface area contributed by atoms with Gasteiger partial charge in [0.2, 0.25) is 0 Å². The second-order valence-electron chi connectivity index (χ2n) is 7.12. The van der Waals surface area contributed by atoms with Crippen LogP contribution in [0.3, 0.4) is 0 Å². The van der Waals surface area contributed by atoms with Crippen LogP contribution in [0.15, 0.2) is 30.3 Å². The van der Waals surface area contributed by atoms with Gasteiger partial charge in [-0.25, -0.2) is 0 Å². The lowest BCUT2D eigenvalue weighted by Crippen LogP contribution is -2.26. The quantitative estimate of drug-likeness (QED) is 0.294. The normalized spacial score (nSPS) is 11.8. The molecule has 0 bridgehead atoms. The lowest BCUT2D eigenvalue weighted by Gasteiger charge is -2.18. The number of carbonyl (C=O) groups is 2. The van der Waals surface area contributed by atoms with E-state index >= 15 is 0 Å². The van der Waals surface area contributed by atoms with E-state index in [4.69, 9.17) is 9.47 Å². The molecule has 0 heterocycles. The summed E-state index contributed by atoms with van der Waals surface area (Å²) in [7, 11) is 0. The smallest absolute Gasteiger partial charge is 0.310 e. The highest BCUT2D eigenvalue weighted by Gasteiger charge is 2.17. The van der Waals surface area contributed by atoms with Crippen molar-refractivity contribution in [2.24, 2.45) is 0 Å². The summed E-state index contributed by atoms with van der Waals surface area (Å²) < 4.78 is 11.0. The maximum atomic E-state index is 12.2. The van der Waals surface area contributed by atoms with Gasteiger partial charge in [-0.2, -0.15) is 0 Å². The van der Waals surface area contributed by atoms with Crippen LogP contribution in [0.25, 0.3) is 0 Å². The number of carbonyl (C=O) groups excluding carboxylic acids is 2. The van der Waals surface area contributed by atoms with Crippen molar-refractivity contribution in [1.82, 2.24) is 0 Å². The summed E-state index contributed by atoms with van der Waals surface area (Å²) in [6.07, 6.45) is 9.73. The summed E-state index contributed by atoms with van der Waals surface area (Å²) in [5.41, 5.74) is 0.930. The topological polar surface area (TPSA) is 52.6 Å². The number of unbranched alkanes of at least 4 members (excludes halogenated alkanes) is 6. The Labute approximate surface area is 164 Å². The fraction of sp³-hybridized carbons (Fsp3) is 0.652.